The molecule has 1 aliphatic heterocycles. The van der Waals surface area contributed by atoms with Crippen molar-refractivity contribution in [2.24, 2.45) is 7.05 Å². The first-order valence-electron chi connectivity index (χ1n) is 7.75. The molecule has 1 amide bonds. The number of anilines is 2. The summed E-state index contributed by atoms with van der Waals surface area (Å²) in [4.78, 5) is 39.3. The van der Waals surface area contributed by atoms with Gasteiger partial charge in [-0.05, 0) is 31.4 Å². The molecule has 0 saturated carbocycles. The monoisotopic (exact) mass is 330 g/mol. The third-order valence-corrected chi connectivity index (χ3v) is 3.97. The first kappa shape index (κ1) is 15.9. The summed E-state index contributed by atoms with van der Waals surface area (Å²) >= 11 is 0. The van der Waals surface area contributed by atoms with Crippen molar-refractivity contribution >= 4 is 17.5 Å². The van der Waals surface area contributed by atoms with Gasteiger partial charge in [0.25, 0.3) is 11.5 Å². The summed E-state index contributed by atoms with van der Waals surface area (Å²) in [5, 5.41) is 10.5. The summed E-state index contributed by atoms with van der Waals surface area (Å²) in [6, 6.07) is 4.47. The van der Waals surface area contributed by atoms with Crippen LogP contribution in [0.1, 0.15) is 29.8 Å². The number of carbonyl (C=O) groups is 1. The number of hydrogen-bond donors (Lipinski definition) is 2. The van der Waals surface area contributed by atoms with Crippen LogP contribution in [0.2, 0.25) is 0 Å². The molecule has 1 aliphatic rings. The van der Waals surface area contributed by atoms with Crippen molar-refractivity contribution in [1.29, 1.82) is 0 Å². The molecule has 24 heavy (non-hydrogen) atoms. The van der Waals surface area contributed by atoms with Crippen LogP contribution in [0.15, 0.2) is 27.8 Å². The largest absolute Gasteiger partial charge is 0.355 e. The number of carbonyl (C=O) groups excluding carboxylic acids is 1. The lowest BCUT2D eigenvalue weighted by Crippen LogP contribution is -2.31. The molecule has 2 N–H and O–H groups in total. The molecule has 2 aromatic heterocycles. The molecule has 0 unspecified atom stereocenters. The molecule has 126 valence electrons. The predicted molar refractivity (Wildman–Crippen MR) is 88.4 cm³/mol. The van der Waals surface area contributed by atoms with Crippen molar-refractivity contribution in [3.63, 3.8) is 0 Å². The van der Waals surface area contributed by atoms with E-state index in [2.05, 4.69) is 25.4 Å². The third-order valence-electron chi connectivity index (χ3n) is 3.97. The second-order valence-corrected chi connectivity index (χ2v) is 5.66. The Labute approximate surface area is 137 Å². The van der Waals surface area contributed by atoms with Gasteiger partial charge in [-0.1, -0.05) is 0 Å². The average Bonchev–Trinajstić information content (AvgIpc) is 2.60. The minimum Gasteiger partial charge on any atom is -0.355 e. The lowest BCUT2D eigenvalue weighted by Gasteiger charge is -2.27. The van der Waals surface area contributed by atoms with E-state index in [9.17, 15) is 14.4 Å². The maximum atomic E-state index is 12.2. The molecule has 1 fully saturated rings. The molecule has 2 aromatic rings. The molecule has 0 spiro atoms. The maximum Gasteiger partial charge on any atom is 0.329 e. The van der Waals surface area contributed by atoms with E-state index >= 15 is 0 Å². The molecule has 3 rings (SSSR count). The second-order valence-electron chi connectivity index (χ2n) is 5.66. The summed E-state index contributed by atoms with van der Waals surface area (Å²) in [6.45, 7) is 1.88. The summed E-state index contributed by atoms with van der Waals surface area (Å²) in [7, 11) is 1.44. The Bertz CT molecular complexity index is 849. The van der Waals surface area contributed by atoms with Crippen molar-refractivity contribution in [2.75, 3.05) is 23.3 Å². The average molecular weight is 330 g/mol. The SMILES string of the molecule is Cn1c(NC(=O)c2ccc(N3CCCCC3)nn2)cc(=O)[nH]c1=O. The zero-order valence-electron chi connectivity index (χ0n) is 13.3. The molecule has 0 bridgehead atoms. The molecule has 0 radical (unpaired) electrons. The van der Waals surface area contributed by atoms with E-state index in [0.717, 1.165) is 42.4 Å². The number of aromatic nitrogens is 4. The fraction of sp³-hybridized carbons (Fsp3) is 0.400. The van der Waals surface area contributed by atoms with Gasteiger partial charge >= 0.3 is 5.69 Å². The highest BCUT2D eigenvalue weighted by Crippen LogP contribution is 2.16. The highest BCUT2D eigenvalue weighted by atomic mass is 16.2. The number of amides is 1. The van der Waals surface area contributed by atoms with E-state index in [1.807, 2.05) is 0 Å². The Morgan fingerprint density at radius 3 is 2.58 bits per heavy atom. The van der Waals surface area contributed by atoms with Crippen LogP contribution in [0.5, 0.6) is 0 Å². The molecule has 0 aliphatic carbocycles. The van der Waals surface area contributed by atoms with Crippen molar-refractivity contribution in [2.45, 2.75) is 19.3 Å². The highest BCUT2D eigenvalue weighted by molar-refractivity contribution is 6.02. The van der Waals surface area contributed by atoms with E-state index < -0.39 is 17.2 Å². The van der Waals surface area contributed by atoms with E-state index in [-0.39, 0.29) is 11.5 Å². The molecule has 9 heteroatoms. The zero-order valence-corrected chi connectivity index (χ0v) is 13.3. The summed E-state index contributed by atoms with van der Waals surface area (Å²) < 4.78 is 1.13. The van der Waals surface area contributed by atoms with Gasteiger partial charge in [-0.2, -0.15) is 0 Å². The molecular formula is C15H18N6O3. The predicted octanol–water partition coefficient (Wildman–Crippen LogP) is 0.106. The van der Waals surface area contributed by atoms with E-state index in [0.29, 0.717) is 0 Å². The molecule has 3 heterocycles. The molecule has 0 atom stereocenters. The standard InChI is InChI=1S/C15H18N6O3/c1-20-12(9-13(22)17-15(20)24)16-14(23)10-5-6-11(19-18-10)21-7-3-2-4-8-21/h5-6,9H,2-4,7-8H2,1H3,(H,16,23)(H,17,22,24). The molecular weight excluding hydrogens is 312 g/mol. The van der Waals surface area contributed by atoms with Gasteiger partial charge < -0.3 is 10.2 Å². The highest BCUT2D eigenvalue weighted by Gasteiger charge is 2.15. The van der Waals surface area contributed by atoms with Crippen LogP contribution in [0, 0.1) is 0 Å². The van der Waals surface area contributed by atoms with Gasteiger partial charge in [0.15, 0.2) is 11.5 Å². The smallest absolute Gasteiger partial charge is 0.329 e. The van der Waals surface area contributed by atoms with E-state index in [1.165, 1.54) is 13.5 Å². The lowest BCUT2D eigenvalue weighted by atomic mass is 10.1. The number of nitrogens with one attached hydrogen (secondary N) is 2. The third kappa shape index (κ3) is 3.34. The Hall–Kier alpha value is -2.97. The van der Waals surface area contributed by atoms with Gasteiger partial charge in [0, 0.05) is 26.2 Å². The first-order valence-corrected chi connectivity index (χ1v) is 7.75. The zero-order chi connectivity index (χ0) is 17.1. The minimum atomic E-state index is -0.607. The van der Waals surface area contributed by atoms with Gasteiger partial charge in [0.2, 0.25) is 0 Å². The van der Waals surface area contributed by atoms with E-state index in [1.54, 1.807) is 12.1 Å². The topological polar surface area (TPSA) is 113 Å². The quantitative estimate of drug-likeness (QED) is 0.825. The van der Waals surface area contributed by atoms with E-state index in [4.69, 9.17) is 0 Å². The number of rotatable bonds is 3. The fourth-order valence-electron chi connectivity index (χ4n) is 2.59. The van der Waals surface area contributed by atoms with Crippen LogP contribution in [0.3, 0.4) is 0 Å². The number of piperidine rings is 1. The van der Waals surface area contributed by atoms with Crippen molar-refractivity contribution in [1.82, 2.24) is 19.7 Å². The van der Waals surface area contributed by atoms with Crippen LogP contribution < -0.4 is 21.5 Å². The summed E-state index contributed by atoms with van der Waals surface area (Å²) in [5.41, 5.74) is -1.08. The van der Waals surface area contributed by atoms with Crippen LogP contribution in [0.25, 0.3) is 0 Å². The Kier molecular flexibility index (Phi) is 4.41. The van der Waals surface area contributed by atoms with Gasteiger partial charge in [-0.25, -0.2) is 4.79 Å². The van der Waals surface area contributed by atoms with Crippen LogP contribution in [0.4, 0.5) is 11.6 Å². The second kappa shape index (κ2) is 6.65. The van der Waals surface area contributed by atoms with Gasteiger partial charge in [0.05, 0.1) is 0 Å². The molecule has 1 saturated heterocycles. The van der Waals surface area contributed by atoms with Gasteiger partial charge in [-0.3, -0.25) is 19.1 Å². The van der Waals surface area contributed by atoms with Gasteiger partial charge in [0.1, 0.15) is 5.82 Å². The van der Waals surface area contributed by atoms with Crippen LogP contribution >= 0.6 is 0 Å². The van der Waals surface area contributed by atoms with Crippen molar-refractivity contribution in [3.05, 3.63) is 44.7 Å². The minimum absolute atomic E-state index is 0.0932. The van der Waals surface area contributed by atoms with Crippen LogP contribution in [-0.4, -0.2) is 38.7 Å². The molecule has 9 nitrogen and oxygen atoms in total. The number of aromatic amines is 1. The summed E-state index contributed by atoms with van der Waals surface area (Å²) in [5.74, 6) is 0.304. The number of hydrogen-bond acceptors (Lipinski definition) is 6. The van der Waals surface area contributed by atoms with Crippen molar-refractivity contribution in [3.8, 4) is 0 Å². The van der Waals surface area contributed by atoms with Crippen LogP contribution in [-0.2, 0) is 7.05 Å². The Balaban J connectivity index is 1.76. The normalized spacial score (nSPS) is 14.5. The summed E-state index contributed by atoms with van der Waals surface area (Å²) in [6.07, 6.45) is 3.47. The first-order chi connectivity index (χ1) is 11.5. The molecule has 0 aromatic carbocycles. The van der Waals surface area contributed by atoms with Gasteiger partial charge in [-0.15, -0.1) is 10.2 Å². The maximum absolute atomic E-state index is 12.2. The Morgan fingerprint density at radius 1 is 1.17 bits per heavy atom. The fourth-order valence-corrected chi connectivity index (χ4v) is 2.59. The Morgan fingerprint density at radius 2 is 1.92 bits per heavy atom. The number of H-pyrrole nitrogens is 1. The van der Waals surface area contributed by atoms with Crippen molar-refractivity contribution < 1.29 is 4.79 Å². The number of nitrogens with zero attached hydrogens (tertiary/aromatic N) is 4. The lowest BCUT2D eigenvalue weighted by molar-refractivity contribution is 0.102.